The number of amides is 2. The molecule has 3 rings (SSSR count). The molecule has 0 bridgehead atoms. The molecule has 27 heavy (non-hydrogen) atoms. The van der Waals surface area contributed by atoms with Crippen LogP contribution in [0.25, 0.3) is 0 Å². The maximum atomic E-state index is 12.6. The number of hydrogen-bond acceptors (Lipinski definition) is 4. The third kappa shape index (κ3) is 4.04. The molecule has 8 heteroatoms. The van der Waals surface area contributed by atoms with Gasteiger partial charge in [0.15, 0.2) is 0 Å². The lowest BCUT2D eigenvalue weighted by molar-refractivity contribution is -0.122. The van der Waals surface area contributed by atoms with Crippen LogP contribution in [0.15, 0.2) is 40.9 Å². The SMILES string of the molecule is COc1cc(OC)c(N2CC(C(=O)Nc3ccccc3Br)CC2=O)cc1Cl. The third-order valence-corrected chi connectivity index (χ3v) is 5.36. The number of carbonyl (C=O) groups is 2. The van der Waals surface area contributed by atoms with Crippen molar-refractivity contribution in [2.75, 3.05) is 31.0 Å². The van der Waals surface area contributed by atoms with Crippen molar-refractivity contribution < 1.29 is 19.1 Å². The van der Waals surface area contributed by atoms with Crippen LogP contribution in [-0.2, 0) is 9.59 Å². The summed E-state index contributed by atoms with van der Waals surface area (Å²) in [5, 5.41) is 3.22. The molecule has 1 atom stereocenters. The van der Waals surface area contributed by atoms with E-state index in [0.717, 1.165) is 4.47 Å². The Hall–Kier alpha value is -2.25. The molecule has 1 aliphatic rings. The van der Waals surface area contributed by atoms with E-state index >= 15 is 0 Å². The van der Waals surface area contributed by atoms with Crippen LogP contribution in [0, 0.1) is 5.92 Å². The number of halogens is 2. The second-order valence-corrected chi connectivity index (χ2v) is 7.29. The molecule has 0 aromatic heterocycles. The molecule has 2 amide bonds. The first-order chi connectivity index (χ1) is 12.9. The summed E-state index contributed by atoms with van der Waals surface area (Å²) in [7, 11) is 3.01. The Balaban J connectivity index is 1.80. The summed E-state index contributed by atoms with van der Waals surface area (Å²) in [6, 6.07) is 10.6. The summed E-state index contributed by atoms with van der Waals surface area (Å²) in [5.74, 6) is 0.0527. The minimum absolute atomic E-state index is 0.114. The van der Waals surface area contributed by atoms with E-state index in [1.54, 1.807) is 18.2 Å². The van der Waals surface area contributed by atoms with Gasteiger partial charge in [-0.05, 0) is 34.1 Å². The van der Waals surface area contributed by atoms with Gasteiger partial charge < -0.3 is 19.7 Å². The fraction of sp³-hybridized carbons (Fsp3) is 0.263. The van der Waals surface area contributed by atoms with Crippen molar-refractivity contribution in [3.63, 3.8) is 0 Å². The molecular formula is C19H18BrClN2O4. The van der Waals surface area contributed by atoms with Crippen molar-refractivity contribution in [1.82, 2.24) is 0 Å². The number of carbonyl (C=O) groups excluding carboxylic acids is 2. The lowest BCUT2D eigenvalue weighted by atomic mass is 10.1. The Labute approximate surface area is 170 Å². The Bertz CT molecular complexity index is 890. The summed E-state index contributed by atoms with van der Waals surface area (Å²) in [5.41, 5.74) is 1.18. The fourth-order valence-corrected chi connectivity index (χ4v) is 3.59. The van der Waals surface area contributed by atoms with Crippen LogP contribution >= 0.6 is 27.5 Å². The zero-order valence-electron chi connectivity index (χ0n) is 14.8. The van der Waals surface area contributed by atoms with Crippen LogP contribution < -0.4 is 19.7 Å². The molecule has 2 aromatic carbocycles. The molecule has 0 aliphatic carbocycles. The molecule has 0 spiro atoms. The predicted molar refractivity (Wildman–Crippen MR) is 108 cm³/mol. The number of benzene rings is 2. The van der Waals surface area contributed by atoms with Crippen LogP contribution in [0.5, 0.6) is 11.5 Å². The minimum Gasteiger partial charge on any atom is -0.495 e. The molecule has 0 radical (unpaired) electrons. The average Bonchev–Trinajstić information content (AvgIpc) is 3.05. The predicted octanol–water partition coefficient (Wildman–Crippen LogP) is 4.11. The van der Waals surface area contributed by atoms with E-state index in [1.165, 1.54) is 19.1 Å². The highest BCUT2D eigenvalue weighted by Crippen LogP contribution is 2.40. The van der Waals surface area contributed by atoms with Gasteiger partial charge in [0.05, 0.1) is 36.5 Å². The number of nitrogens with one attached hydrogen (secondary N) is 1. The summed E-state index contributed by atoms with van der Waals surface area (Å²) in [6.45, 7) is 0.244. The van der Waals surface area contributed by atoms with Crippen LogP contribution in [0.3, 0.4) is 0 Å². The van der Waals surface area contributed by atoms with E-state index in [2.05, 4.69) is 21.2 Å². The second kappa shape index (κ2) is 8.19. The number of rotatable bonds is 5. The standard InChI is InChI=1S/C19H18BrClN2O4/c1-26-16-9-17(27-2)15(8-13(16)21)23-10-11(7-18(23)24)19(25)22-14-6-4-3-5-12(14)20/h3-6,8-9,11H,7,10H2,1-2H3,(H,22,25). The van der Waals surface area contributed by atoms with Crippen molar-refractivity contribution in [1.29, 1.82) is 0 Å². The van der Waals surface area contributed by atoms with E-state index in [-0.39, 0.29) is 24.8 Å². The second-order valence-electron chi connectivity index (χ2n) is 6.03. The molecule has 142 valence electrons. The summed E-state index contributed by atoms with van der Waals surface area (Å²) < 4.78 is 11.3. The van der Waals surface area contributed by atoms with Crippen LogP contribution in [-0.4, -0.2) is 32.6 Å². The first-order valence-corrected chi connectivity index (χ1v) is 9.39. The molecule has 6 nitrogen and oxygen atoms in total. The molecule has 1 fully saturated rings. The summed E-state index contributed by atoms with van der Waals surface area (Å²) >= 11 is 9.60. The Morgan fingerprint density at radius 3 is 2.59 bits per heavy atom. The third-order valence-electron chi connectivity index (χ3n) is 4.37. The van der Waals surface area contributed by atoms with Crippen molar-refractivity contribution in [2.24, 2.45) is 5.92 Å². The van der Waals surface area contributed by atoms with Gasteiger partial charge in [-0.1, -0.05) is 23.7 Å². The van der Waals surface area contributed by atoms with E-state index in [1.807, 2.05) is 18.2 Å². The number of ether oxygens (including phenoxy) is 2. The van der Waals surface area contributed by atoms with Gasteiger partial charge in [-0.25, -0.2) is 0 Å². The molecule has 2 aromatic rings. The van der Waals surface area contributed by atoms with Gasteiger partial charge in [0, 0.05) is 23.5 Å². The Morgan fingerprint density at radius 2 is 1.93 bits per heavy atom. The van der Waals surface area contributed by atoms with Gasteiger partial charge in [0.2, 0.25) is 11.8 Å². The molecule has 1 N–H and O–H groups in total. The van der Waals surface area contributed by atoms with Crippen molar-refractivity contribution in [3.05, 3.63) is 45.9 Å². The van der Waals surface area contributed by atoms with Crippen LogP contribution in [0.2, 0.25) is 5.02 Å². The quantitative estimate of drug-likeness (QED) is 0.740. The zero-order valence-corrected chi connectivity index (χ0v) is 17.1. The van der Waals surface area contributed by atoms with Crippen LogP contribution in [0.4, 0.5) is 11.4 Å². The van der Waals surface area contributed by atoms with Crippen LogP contribution in [0.1, 0.15) is 6.42 Å². The Kier molecular flexibility index (Phi) is 5.92. The molecular weight excluding hydrogens is 436 g/mol. The zero-order chi connectivity index (χ0) is 19.6. The molecule has 1 saturated heterocycles. The Morgan fingerprint density at radius 1 is 1.22 bits per heavy atom. The number of para-hydroxylation sites is 1. The maximum Gasteiger partial charge on any atom is 0.229 e. The highest BCUT2D eigenvalue weighted by molar-refractivity contribution is 9.10. The largest absolute Gasteiger partial charge is 0.495 e. The first kappa shape index (κ1) is 19.5. The summed E-state index contributed by atoms with van der Waals surface area (Å²) in [6.07, 6.45) is 0.114. The number of anilines is 2. The normalized spacial score (nSPS) is 16.4. The van der Waals surface area contributed by atoms with Gasteiger partial charge in [-0.3, -0.25) is 9.59 Å². The smallest absolute Gasteiger partial charge is 0.229 e. The lowest BCUT2D eigenvalue weighted by Crippen LogP contribution is -2.28. The number of nitrogens with zero attached hydrogens (tertiary/aromatic N) is 1. The van der Waals surface area contributed by atoms with E-state index in [4.69, 9.17) is 21.1 Å². The van der Waals surface area contributed by atoms with Gasteiger partial charge in [0.25, 0.3) is 0 Å². The van der Waals surface area contributed by atoms with Crippen molar-refractivity contribution in [3.8, 4) is 11.5 Å². The van der Waals surface area contributed by atoms with Gasteiger partial charge in [0.1, 0.15) is 11.5 Å². The molecule has 1 heterocycles. The summed E-state index contributed by atoms with van der Waals surface area (Å²) in [4.78, 5) is 26.7. The van der Waals surface area contributed by atoms with Crippen molar-refractivity contribution in [2.45, 2.75) is 6.42 Å². The highest BCUT2D eigenvalue weighted by atomic mass is 79.9. The lowest BCUT2D eigenvalue weighted by Gasteiger charge is -2.21. The van der Waals surface area contributed by atoms with Gasteiger partial charge >= 0.3 is 0 Å². The minimum atomic E-state index is -0.477. The van der Waals surface area contributed by atoms with Gasteiger partial charge in [-0.15, -0.1) is 0 Å². The highest BCUT2D eigenvalue weighted by Gasteiger charge is 2.36. The van der Waals surface area contributed by atoms with E-state index in [0.29, 0.717) is 27.9 Å². The number of methoxy groups -OCH3 is 2. The molecule has 1 unspecified atom stereocenters. The van der Waals surface area contributed by atoms with Gasteiger partial charge in [-0.2, -0.15) is 0 Å². The average molecular weight is 454 g/mol. The topological polar surface area (TPSA) is 67.9 Å². The monoisotopic (exact) mass is 452 g/mol. The van der Waals surface area contributed by atoms with E-state index < -0.39 is 5.92 Å². The number of hydrogen-bond donors (Lipinski definition) is 1. The molecule has 0 saturated carbocycles. The molecule has 1 aliphatic heterocycles. The van der Waals surface area contributed by atoms with E-state index in [9.17, 15) is 9.59 Å². The fourth-order valence-electron chi connectivity index (χ4n) is 2.97. The maximum absolute atomic E-state index is 12.6. The van der Waals surface area contributed by atoms with Crippen molar-refractivity contribution >= 4 is 50.7 Å². The first-order valence-electron chi connectivity index (χ1n) is 8.22.